The first-order valence-electron chi connectivity index (χ1n) is 4.37. The average molecular weight is 194 g/mol. The minimum atomic E-state index is -0.825. The highest BCUT2D eigenvalue weighted by Crippen LogP contribution is 2.28. The Morgan fingerprint density at radius 2 is 1.79 bits per heavy atom. The molecule has 0 bridgehead atoms. The molecule has 0 spiro atoms. The summed E-state index contributed by atoms with van der Waals surface area (Å²) in [7, 11) is 1.57. The predicted octanol–water partition coefficient (Wildman–Crippen LogP) is 2.05. The van der Waals surface area contributed by atoms with Crippen LogP contribution in [0, 0.1) is 0 Å². The first-order valence-corrected chi connectivity index (χ1v) is 4.37. The van der Waals surface area contributed by atoms with Crippen molar-refractivity contribution in [2.24, 2.45) is 0 Å². The Morgan fingerprint density at radius 1 is 1.21 bits per heavy atom. The number of carbonyl (C=O) groups excluding carboxylic acids is 1. The van der Waals surface area contributed by atoms with Gasteiger partial charge in [0.15, 0.2) is 23.4 Å². The lowest BCUT2D eigenvalue weighted by Crippen LogP contribution is -2.29. The van der Waals surface area contributed by atoms with Crippen LogP contribution in [0.1, 0.15) is 13.8 Å². The van der Waals surface area contributed by atoms with Gasteiger partial charge >= 0.3 is 0 Å². The van der Waals surface area contributed by atoms with Gasteiger partial charge in [-0.05, 0) is 26.0 Å². The summed E-state index contributed by atoms with van der Waals surface area (Å²) in [5, 5.41) is 0. The Balaban J connectivity index is 2.90. The number of hydrogen-bond donors (Lipinski definition) is 0. The van der Waals surface area contributed by atoms with Gasteiger partial charge in [-0.2, -0.15) is 0 Å². The number of ether oxygens (including phenoxy) is 2. The summed E-state index contributed by atoms with van der Waals surface area (Å²) in [6.45, 7) is 3.40. The number of para-hydroxylation sites is 2. The van der Waals surface area contributed by atoms with Gasteiger partial charge in [0.25, 0.3) is 0 Å². The molecule has 0 fully saturated rings. The van der Waals surface area contributed by atoms with Crippen molar-refractivity contribution in [3.63, 3.8) is 0 Å². The van der Waals surface area contributed by atoms with E-state index < -0.39 is 5.60 Å². The number of rotatable bonds is 4. The third kappa shape index (κ3) is 2.49. The second-order valence-corrected chi connectivity index (χ2v) is 3.47. The minimum absolute atomic E-state index is 0.576. The fourth-order valence-corrected chi connectivity index (χ4v) is 1.01. The van der Waals surface area contributed by atoms with E-state index in [1.165, 1.54) is 0 Å². The van der Waals surface area contributed by atoms with Crippen LogP contribution in [0.25, 0.3) is 0 Å². The van der Waals surface area contributed by atoms with Crippen LogP contribution in [0.2, 0.25) is 0 Å². The molecule has 3 heteroatoms. The molecule has 0 atom stereocenters. The highest BCUT2D eigenvalue weighted by Gasteiger charge is 2.19. The van der Waals surface area contributed by atoms with Crippen LogP contribution in [-0.4, -0.2) is 19.0 Å². The molecule has 0 unspecified atom stereocenters. The van der Waals surface area contributed by atoms with E-state index in [-0.39, 0.29) is 0 Å². The maximum absolute atomic E-state index is 10.7. The Labute approximate surface area is 83.6 Å². The Bertz CT molecular complexity index is 318. The summed E-state index contributed by atoms with van der Waals surface area (Å²) >= 11 is 0. The molecule has 0 aliphatic carbocycles. The lowest BCUT2D eigenvalue weighted by Gasteiger charge is -2.21. The third-order valence-corrected chi connectivity index (χ3v) is 1.73. The lowest BCUT2D eigenvalue weighted by atomic mass is 10.2. The molecule has 0 aromatic heterocycles. The molecule has 14 heavy (non-hydrogen) atoms. The van der Waals surface area contributed by atoms with Gasteiger partial charge in [0.1, 0.15) is 0 Å². The predicted molar refractivity (Wildman–Crippen MR) is 53.8 cm³/mol. The first kappa shape index (κ1) is 10.6. The van der Waals surface area contributed by atoms with E-state index in [1.807, 2.05) is 12.1 Å². The molecule has 0 saturated heterocycles. The van der Waals surface area contributed by atoms with Gasteiger partial charge in [0.2, 0.25) is 0 Å². The van der Waals surface area contributed by atoms with Gasteiger partial charge in [-0.1, -0.05) is 12.1 Å². The summed E-state index contributed by atoms with van der Waals surface area (Å²) in [5.41, 5.74) is -0.825. The fourth-order valence-electron chi connectivity index (χ4n) is 1.01. The molecule has 0 aliphatic heterocycles. The summed E-state index contributed by atoms with van der Waals surface area (Å²) in [4.78, 5) is 10.7. The highest BCUT2D eigenvalue weighted by molar-refractivity contribution is 5.62. The van der Waals surface area contributed by atoms with Crippen LogP contribution < -0.4 is 9.47 Å². The topological polar surface area (TPSA) is 35.5 Å². The van der Waals surface area contributed by atoms with E-state index in [9.17, 15) is 4.79 Å². The molecule has 1 rings (SSSR count). The van der Waals surface area contributed by atoms with E-state index >= 15 is 0 Å². The minimum Gasteiger partial charge on any atom is -0.493 e. The van der Waals surface area contributed by atoms with Crippen molar-refractivity contribution in [2.45, 2.75) is 19.4 Å². The highest BCUT2D eigenvalue weighted by atomic mass is 16.5. The molecule has 1 aromatic carbocycles. The molecule has 0 radical (unpaired) electrons. The smallest absolute Gasteiger partial charge is 0.162 e. The normalized spacial score (nSPS) is 10.8. The van der Waals surface area contributed by atoms with Crippen LogP contribution in [0.5, 0.6) is 11.5 Å². The zero-order valence-electron chi connectivity index (χ0n) is 8.61. The van der Waals surface area contributed by atoms with Crippen LogP contribution in [0.4, 0.5) is 0 Å². The molecule has 1 aromatic rings. The summed E-state index contributed by atoms with van der Waals surface area (Å²) in [6.07, 6.45) is 0.763. The summed E-state index contributed by atoms with van der Waals surface area (Å²) < 4.78 is 10.6. The molecule has 3 nitrogen and oxygen atoms in total. The van der Waals surface area contributed by atoms with Crippen molar-refractivity contribution in [3.05, 3.63) is 24.3 Å². The van der Waals surface area contributed by atoms with Crippen molar-refractivity contribution >= 4 is 6.29 Å². The van der Waals surface area contributed by atoms with Crippen molar-refractivity contribution in [1.82, 2.24) is 0 Å². The molecule has 0 N–H and O–H groups in total. The SMILES string of the molecule is COc1ccccc1OC(C)(C)C=O. The standard InChI is InChI=1S/C11H14O3/c1-11(2,8-12)14-10-7-5-4-6-9(10)13-3/h4-8H,1-3H3. The molecule has 0 heterocycles. The van der Waals surface area contributed by atoms with E-state index in [1.54, 1.807) is 33.1 Å². The number of aldehydes is 1. The van der Waals surface area contributed by atoms with E-state index in [0.29, 0.717) is 11.5 Å². The van der Waals surface area contributed by atoms with Crippen LogP contribution in [-0.2, 0) is 4.79 Å². The maximum atomic E-state index is 10.7. The summed E-state index contributed by atoms with van der Waals surface area (Å²) in [6, 6.07) is 7.23. The quantitative estimate of drug-likeness (QED) is 0.688. The van der Waals surface area contributed by atoms with E-state index in [2.05, 4.69) is 0 Å². The van der Waals surface area contributed by atoms with Gasteiger partial charge in [0.05, 0.1) is 7.11 Å². The maximum Gasteiger partial charge on any atom is 0.162 e. The van der Waals surface area contributed by atoms with Gasteiger partial charge in [-0.15, -0.1) is 0 Å². The molecular formula is C11H14O3. The zero-order chi connectivity index (χ0) is 10.6. The third-order valence-electron chi connectivity index (χ3n) is 1.73. The van der Waals surface area contributed by atoms with Crippen molar-refractivity contribution < 1.29 is 14.3 Å². The Morgan fingerprint density at radius 3 is 2.29 bits per heavy atom. The van der Waals surface area contributed by atoms with Gasteiger partial charge < -0.3 is 9.47 Å². The van der Waals surface area contributed by atoms with Crippen molar-refractivity contribution in [2.75, 3.05) is 7.11 Å². The molecular weight excluding hydrogens is 180 g/mol. The Kier molecular flexibility index (Phi) is 3.12. The largest absolute Gasteiger partial charge is 0.493 e. The monoisotopic (exact) mass is 194 g/mol. The van der Waals surface area contributed by atoms with E-state index in [4.69, 9.17) is 9.47 Å². The number of hydrogen-bond acceptors (Lipinski definition) is 3. The van der Waals surface area contributed by atoms with Crippen LogP contribution in [0.3, 0.4) is 0 Å². The van der Waals surface area contributed by atoms with Crippen LogP contribution in [0.15, 0.2) is 24.3 Å². The van der Waals surface area contributed by atoms with Gasteiger partial charge in [-0.3, -0.25) is 4.79 Å². The van der Waals surface area contributed by atoms with Crippen molar-refractivity contribution in [3.8, 4) is 11.5 Å². The first-order chi connectivity index (χ1) is 6.59. The zero-order valence-corrected chi connectivity index (χ0v) is 8.61. The fraction of sp³-hybridized carbons (Fsp3) is 0.364. The van der Waals surface area contributed by atoms with E-state index in [0.717, 1.165) is 6.29 Å². The number of benzene rings is 1. The van der Waals surface area contributed by atoms with Gasteiger partial charge in [0, 0.05) is 0 Å². The summed E-state index contributed by atoms with van der Waals surface area (Å²) in [5.74, 6) is 1.20. The second-order valence-electron chi connectivity index (χ2n) is 3.47. The lowest BCUT2D eigenvalue weighted by molar-refractivity contribution is -0.119. The van der Waals surface area contributed by atoms with Crippen LogP contribution >= 0.6 is 0 Å². The average Bonchev–Trinajstić information content (AvgIpc) is 2.18. The molecule has 76 valence electrons. The number of methoxy groups -OCH3 is 1. The Hall–Kier alpha value is -1.51. The molecule has 0 aliphatic rings. The molecule has 0 amide bonds. The van der Waals surface area contributed by atoms with Crippen molar-refractivity contribution in [1.29, 1.82) is 0 Å². The second kappa shape index (κ2) is 4.13. The molecule has 0 saturated carbocycles. The van der Waals surface area contributed by atoms with Gasteiger partial charge in [-0.25, -0.2) is 0 Å². The number of carbonyl (C=O) groups is 1.